The van der Waals surface area contributed by atoms with Gasteiger partial charge in [-0.05, 0) is 62.6 Å². The van der Waals surface area contributed by atoms with E-state index in [-0.39, 0.29) is 11.9 Å². The van der Waals surface area contributed by atoms with Crippen LogP contribution in [-0.4, -0.2) is 21.8 Å². The van der Waals surface area contributed by atoms with Gasteiger partial charge in [0.15, 0.2) is 5.76 Å². The van der Waals surface area contributed by atoms with Gasteiger partial charge in [0.25, 0.3) is 5.91 Å². The molecule has 148 valence electrons. The zero-order valence-electron chi connectivity index (χ0n) is 16.8. The Labute approximate surface area is 170 Å². The SMILES string of the molecule is CC[C@@H](C)N(Cc1csc(COc2cc(C)cc(C)c2)n1)C(=O)c1ccco1. The summed E-state index contributed by atoms with van der Waals surface area (Å²) in [5, 5.41) is 2.88. The summed E-state index contributed by atoms with van der Waals surface area (Å²) < 4.78 is 11.2. The predicted octanol–water partition coefficient (Wildman–Crippen LogP) is 5.37. The molecule has 6 heteroatoms. The van der Waals surface area contributed by atoms with Crippen LogP contribution in [0.5, 0.6) is 5.75 Å². The van der Waals surface area contributed by atoms with Crippen molar-refractivity contribution in [3.05, 3.63) is 69.6 Å². The molecule has 5 nitrogen and oxygen atoms in total. The van der Waals surface area contributed by atoms with Gasteiger partial charge in [-0.2, -0.15) is 0 Å². The van der Waals surface area contributed by atoms with Gasteiger partial charge < -0.3 is 14.1 Å². The first kappa shape index (κ1) is 20.1. The molecule has 1 aromatic carbocycles. The highest BCUT2D eigenvalue weighted by Crippen LogP contribution is 2.21. The van der Waals surface area contributed by atoms with Crippen molar-refractivity contribution in [2.45, 2.75) is 53.3 Å². The number of ether oxygens (including phenoxy) is 1. The van der Waals surface area contributed by atoms with E-state index in [1.807, 2.05) is 29.3 Å². The molecule has 1 atom stereocenters. The maximum Gasteiger partial charge on any atom is 0.290 e. The Hall–Kier alpha value is -2.60. The minimum absolute atomic E-state index is 0.0919. The number of benzene rings is 1. The number of hydrogen-bond acceptors (Lipinski definition) is 5. The van der Waals surface area contributed by atoms with Crippen molar-refractivity contribution >= 4 is 17.2 Å². The largest absolute Gasteiger partial charge is 0.486 e. The summed E-state index contributed by atoms with van der Waals surface area (Å²) in [7, 11) is 0. The van der Waals surface area contributed by atoms with E-state index in [0.29, 0.717) is 18.9 Å². The first-order valence-corrected chi connectivity index (χ1v) is 10.3. The van der Waals surface area contributed by atoms with E-state index in [1.165, 1.54) is 17.4 Å². The van der Waals surface area contributed by atoms with Gasteiger partial charge in [0.2, 0.25) is 0 Å². The fourth-order valence-corrected chi connectivity index (χ4v) is 3.71. The van der Waals surface area contributed by atoms with Crippen LogP contribution >= 0.6 is 11.3 Å². The Morgan fingerprint density at radius 3 is 2.68 bits per heavy atom. The number of thiazole rings is 1. The van der Waals surface area contributed by atoms with Gasteiger partial charge in [0.05, 0.1) is 18.5 Å². The zero-order chi connectivity index (χ0) is 20.1. The highest BCUT2D eigenvalue weighted by atomic mass is 32.1. The van der Waals surface area contributed by atoms with E-state index in [4.69, 9.17) is 9.15 Å². The minimum Gasteiger partial charge on any atom is -0.486 e. The molecule has 0 aliphatic carbocycles. The smallest absolute Gasteiger partial charge is 0.290 e. The highest BCUT2D eigenvalue weighted by molar-refractivity contribution is 7.09. The van der Waals surface area contributed by atoms with Crippen LogP contribution in [0.3, 0.4) is 0 Å². The lowest BCUT2D eigenvalue weighted by Gasteiger charge is -2.27. The van der Waals surface area contributed by atoms with Gasteiger partial charge in [0, 0.05) is 11.4 Å². The molecule has 0 aliphatic heterocycles. The second-order valence-corrected chi connectivity index (χ2v) is 7.95. The van der Waals surface area contributed by atoms with E-state index in [0.717, 1.165) is 22.9 Å². The average molecular weight is 399 g/mol. The average Bonchev–Trinajstić information content (AvgIpc) is 3.34. The summed E-state index contributed by atoms with van der Waals surface area (Å²) in [6, 6.07) is 9.68. The van der Waals surface area contributed by atoms with Gasteiger partial charge in [-0.3, -0.25) is 4.79 Å². The van der Waals surface area contributed by atoms with Crippen molar-refractivity contribution in [1.29, 1.82) is 0 Å². The monoisotopic (exact) mass is 398 g/mol. The lowest BCUT2D eigenvalue weighted by atomic mass is 10.1. The van der Waals surface area contributed by atoms with E-state index < -0.39 is 0 Å². The molecule has 3 rings (SSSR count). The number of carbonyl (C=O) groups is 1. The molecule has 1 amide bonds. The van der Waals surface area contributed by atoms with E-state index in [1.54, 1.807) is 23.5 Å². The molecular weight excluding hydrogens is 372 g/mol. The van der Waals surface area contributed by atoms with Crippen LogP contribution in [0.15, 0.2) is 46.4 Å². The molecule has 28 heavy (non-hydrogen) atoms. The third kappa shape index (κ3) is 5.01. The summed E-state index contributed by atoms with van der Waals surface area (Å²) in [6.45, 7) is 9.09. The number of aryl methyl sites for hydroxylation is 2. The summed E-state index contributed by atoms with van der Waals surface area (Å²) in [5.74, 6) is 1.10. The number of hydrogen-bond donors (Lipinski definition) is 0. The van der Waals surface area contributed by atoms with Crippen LogP contribution in [0.2, 0.25) is 0 Å². The topological polar surface area (TPSA) is 55.6 Å². The van der Waals surface area contributed by atoms with Crippen molar-refractivity contribution in [2.24, 2.45) is 0 Å². The number of rotatable bonds is 8. The Bertz CT molecular complexity index is 898. The minimum atomic E-state index is -0.111. The van der Waals surface area contributed by atoms with Crippen molar-refractivity contribution in [2.75, 3.05) is 0 Å². The highest BCUT2D eigenvalue weighted by Gasteiger charge is 2.23. The molecule has 0 aliphatic rings. The second kappa shape index (κ2) is 9.06. The van der Waals surface area contributed by atoms with Gasteiger partial charge in [-0.1, -0.05) is 13.0 Å². The quantitative estimate of drug-likeness (QED) is 0.512. The Morgan fingerprint density at radius 1 is 1.29 bits per heavy atom. The Kier molecular flexibility index (Phi) is 6.52. The van der Waals surface area contributed by atoms with E-state index in [2.05, 4.69) is 31.8 Å². The number of amides is 1. The number of aromatic nitrogens is 1. The van der Waals surface area contributed by atoms with Crippen LogP contribution in [0, 0.1) is 13.8 Å². The number of carbonyl (C=O) groups excluding carboxylic acids is 1. The van der Waals surface area contributed by atoms with Crippen LogP contribution in [0.4, 0.5) is 0 Å². The third-order valence-electron chi connectivity index (χ3n) is 4.60. The molecule has 2 heterocycles. The van der Waals surface area contributed by atoms with Crippen LogP contribution in [-0.2, 0) is 13.2 Å². The fraction of sp³-hybridized carbons (Fsp3) is 0.364. The summed E-state index contributed by atoms with van der Waals surface area (Å²) in [6.07, 6.45) is 2.38. The summed E-state index contributed by atoms with van der Waals surface area (Å²) in [5.41, 5.74) is 3.22. The summed E-state index contributed by atoms with van der Waals surface area (Å²) in [4.78, 5) is 19.2. The number of furan rings is 1. The molecule has 0 fully saturated rings. The number of nitrogens with zero attached hydrogens (tertiary/aromatic N) is 2. The predicted molar refractivity (Wildman–Crippen MR) is 111 cm³/mol. The first-order chi connectivity index (χ1) is 13.5. The van der Waals surface area contributed by atoms with Crippen molar-refractivity contribution in [1.82, 2.24) is 9.88 Å². The molecule has 0 spiro atoms. The van der Waals surface area contributed by atoms with Crippen LogP contribution < -0.4 is 4.74 Å². The molecule has 3 aromatic rings. The molecule has 0 saturated heterocycles. The third-order valence-corrected chi connectivity index (χ3v) is 5.48. The van der Waals surface area contributed by atoms with Gasteiger partial charge in [-0.25, -0.2) is 4.98 Å². The molecule has 0 saturated carbocycles. The van der Waals surface area contributed by atoms with E-state index in [9.17, 15) is 4.79 Å². The van der Waals surface area contributed by atoms with E-state index >= 15 is 0 Å². The van der Waals surface area contributed by atoms with Gasteiger partial charge in [-0.15, -0.1) is 11.3 Å². The lowest BCUT2D eigenvalue weighted by molar-refractivity contribution is 0.0636. The molecule has 0 radical (unpaired) electrons. The van der Waals surface area contributed by atoms with Crippen LogP contribution in [0.1, 0.15) is 52.7 Å². The molecule has 0 bridgehead atoms. The maximum atomic E-state index is 12.8. The Balaban J connectivity index is 1.66. The van der Waals surface area contributed by atoms with Crippen molar-refractivity contribution in [3.8, 4) is 5.75 Å². The lowest BCUT2D eigenvalue weighted by Crippen LogP contribution is -2.37. The molecule has 0 unspecified atom stereocenters. The molecule has 2 aromatic heterocycles. The standard InChI is InChI=1S/C22H26N2O3S/c1-5-17(4)24(22(25)20-7-6-8-26-20)12-18-14-28-21(23-18)13-27-19-10-15(2)9-16(3)11-19/h6-11,14,17H,5,12-13H2,1-4H3/t17-/m1/s1. The van der Waals surface area contributed by atoms with Gasteiger partial charge in [0.1, 0.15) is 17.4 Å². The zero-order valence-corrected chi connectivity index (χ0v) is 17.6. The van der Waals surface area contributed by atoms with Gasteiger partial charge >= 0.3 is 0 Å². The first-order valence-electron chi connectivity index (χ1n) is 9.45. The second-order valence-electron chi connectivity index (χ2n) is 7.01. The van der Waals surface area contributed by atoms with Crippen molar-refractivity contribution in [3.63, 3.8) is 0 Å². The normalized spacial score (nSPS) is 12.0. The summed E-state index contributed by atoms with van der Waals surface area (Å²) >= 11 is 1.55. The van der Waals surface area contributed by atoms with Crippen LogP contribution in [0.25, 0.3) is 0 Å². The maximum absolute atomic E-state index is 12.8. The van der Waals surface area contributed by atoms with Crippen molar-refractivity contribution < 1.29 is 13.9 Å². The fourth-order valence-electron chi connectivity index (χ4n) is 3.01. The molecule has 0 N–H and O–H groups in total. The Morgan fingerprint density at radius 2 is 2.04 bits per heavy atom. The molecular formula is C22H26N2O3S.